The Kier molecular flexibility index (Phi) is 12.4. The van der Waals surface area contributed by atoms with Crippen molar-refractivity contribution in [3.63, 3.8) is 0 Å². The van der Waals surface area contributed by atoms with E-state index in [-0.39, 0.29) is 0 Å². The molecule has 0 aliphatic rings. The van der Waals surface area contributed by atoms with Crippen LogP contribution in [0.25, 0.3) is 11.1 Å². The number of para-hydroxylation sites is 2. The molecular formula is C53H50N4. The van der Waals surface area contributed by atoms with Crippen molar-refractivity contribution in [3.05, 3.63) is 229 Å². The minimum atomic E-state index is 0.788. The van der Waals surface area contributed by atoms with E-state index in [0.717, 1.165) is 58.3 Å². The summed E-state index contributed by atoms with van der Waals surface area (Å²) < 4.78 is 0. The third-order valence-corrected chi connectivity index (χ3v) is 10.0. The molecular weight excluding hydrogens is 693 g/mol. The van der Waals surface area contributed by atoms with Crippen molar-refractivity contribution in [2.45, 2.75) is 26.7 Å². The van der Waals surface area contributed by atoms with Gasteiger partial charge in [0, 0.05) is 52.5 Å². The molecule has 8 aromatic carbocycles. The van der Waals surface area contributed by atoms with Gasteiger partial charge in [0.2, 0.25) is 0 Å². The number of anilines is 8. The van der Waals surface area contributed by atoms with E-state index in [4.69, 9.17) is 5.73 Å². The zero-order valence-electron chi connectivity index (χ0n) is 33.0. The predicted molar refractivity (Wildman–Crippen MR) is 245 cm³/mol. The summed E-state index contributed by atoms with van der Waals surface area (Å²) in [4.78, 5) is 4.62. The smallest absolute Gasteiger partial charge is 0.0462 e. The van der Waals surface area contributed by atoms with Gasteiger partial charge >= 0.3 is 0 Å². The van der Waals surface area contributed by atoms with Crippen molar-refractivity contribution in [2.75, 3.05) is 27.9 Å². The highest BCUT2D eigenvalue weighted by atomic mass is 15.1. The lowest BCUT2D eigenvalue weighted by atomic mass is 10.0. The summed E-state index contributed by atoms with van der Waals surface area (Å²) in [5, 5.41) is 3.20. The zero-order valence-corrected chi connectivity index (χ0v) is 33.0. The molecule has 282 valence electrons. The molecule has 0 aliphatic carbocycles. The van der Waals surface area contributed by atoms with Crippen LogP contribution in [0.2, 0.25) is 0 Å². The monoisotopic (exact) mass is 742 g/mol. The lowest BCUT2D eigenvalue weighted by molar-refractivity contribution is 1.18. The van der Waals surface area contributed by atoms with Gasteiger partial charge in [0.15, 0.2) is 0 Å². The van der Waals surface area contributed by atoms with E-state index in [0.29, 0.717) is 0 Å². The Morgan fingerprint density at radius 2 is 0.632 bits per heavy atom. The topological polar surface area (TPSA) is 44.5 Å². The molecule has 0 saturated heterocycles. The minimum Gasteiger partial charge on any atom is -0.399 e. The van der Waals surface area contributed by atoms with E-state index in [9.17, 15) is 0 Å². The third kappa shape index (κ3) is 9.44. The van der Waals surface area contributed by atoms with Crippen LogP contribution >= 0.6 is 0 Å². The van der Waals surface area contributed by atoms with E-state index in [1.807, 2.05) is 33.0 Å². The maximum absolute atomic E-state index is 5.90. The molecule has 0 atom stereocenters. The van der Waals surface area contributed by atoms with Crippen molar-refractivity contribution < 1.29 is 0 Å². The van der Waals surface area contributed by atoms with Crippen molar-refractivity contribution in [1.82, 2.24) is 0 Å². The summed E-state index contributed by atoms with van der Waals surface area (Å²) >= 11 is 0. The second-order valence-corrected chi connectivity index (χ2v) is 13.8. The van der Waals surface area contributed by atoms with Gasteiger partial charge in [0.05, 0.1) is 0 Å². The van der Waals surface area contributed by atoms with E-state index >= 15 is 0 Å². The lowest BCUT2D eigenvalue weighted by Gasteiger charge is -2.26. The molecule has 0 saturated carbocycles. The molecule has 0 amide bonds. The number of rotatable bonds is 12. The summed E-state index contributed by atoms with van der Waals surface area (Å²) in [5.74, 6) is 0. The maximum Gasteiger partial charge on any atom is 0.0462 e. The quantitative estimate of drug-likeness (QED) is 0.122. The highest BCUT2D eigenvalue weighted by Crippen LogP contribution is 2.38. The molecule has 4 nitrogen and oxygen atoms in total. The lowest BCUT2D eigenvalue weighted by Crippen LogP contribution is -2.10. The Morgan fingerprint density at radius 1 is 0.351 bits per heavy atom. The summed E-state index contributed by atoms with van der Waals surface area (Å²) in [6, 6.07) is 73.4. The second kappa shape index (κ2) is 18.5. The molecule has 0 heterocycles. The van der Waals surface area contributed by atoms with Gasteiger partial charge in [-0.15, -0.1) is 0 Å². The number of nitrogens with two attached hydrogens (primary N) is 1. The van der Waals surface area contributed by atoms with Crippen LogP contribution in [0.1, 0.15) is 36.1 Å². The molecule has 4 heteroatoms. The van der Waals surface area contributed by atoms with E-state index in [1.54, 1.807) is 0 Å². The van der Waals surface area contributed by atoms with Gasteiger partial charge in [-0.1, -0.05) is 123 Å². The highest BCUT2D eigenvalue weighted by Gasteiger charge is 2.15. The summed E-state index contributed by atoms with van der Waals surface area (Å²) in [7, 11) is 1.95. The number of nitrogen functional groups attached to an aromatic ring is 1. The van der Waals surface area contributed by atoms with Crippen molar-refractivity contribution in [2.24, 2.45) is 0 Å². The van der Waals surface area contributed by atoms with Crippen LogP contribution in [0.4, 0.5) is 45.5 Å². The molecule has 0 aromatic heterocycles. The van der Waals surface area contributed by atoms with Crippen LogP contribution in [0.15, 0.2) is 206 Å². The second-order valence-electron chi connectivity index (χ2n) is 13.8. The standard InChI is InChI=1S/C51H44N4.C2H6/c1-53-45-26-14-39(15-27-45)37-41-18-30-49(31-19-41)55(47-10-6-3-7-11-47)51-34-22-43(23-35-51)42-20-32-50(33-21-42)54(46-8-4-2-5-9-46)48-28-16-40(17-29-48)36-38-12-24-44(52)25-13-38;1-2/h2-35,53H,36-37,52H2,1H3;1-2H3. The number of nitrogens with one attached hydrogen (secondary N) is 1. The van der Waals surface area contributed by atoms with E-state index in [1.165, 1.54) is 33.4 Å². The molecule has 0 bridgehead atoms. The molecule has 0 fully saturated rings. The average Bonchev–Trinajstić information content (AvgIpc) is 3.28. The molecule has 0 aliphatic heterocycles. The van der Waals surface area contributed by atoms with Gasteiger partial charge in [-0.2, -0.15) is 0 Å². The SMILES string of the molecule is CC.CNc1ccc(Cc2ccc(N(c3ccccc3)c3ccc(-c4ccc(N(c5ccccc5)c5ccc(Cc6ccc(N)cc6)cc5)cc4)cc3)cc2)cc1. The average molecular weight is 743 g/mol. The molecule has 0 unspecified atom stereocenters. The predicted octanol–water partition coefficient (Wildman–Crippen LogP) is 14.1. The first-order valence-corrected chi connectivity index (χ1v) is 19.8. The molecule has 0 spiro atoms. The maximum atomic E-state index is 5.90. The fourth-order valence-electron chi connectivity index (χ4n) is 7.08. The van der Waals surface area contributed by atoms with Gasteiger partial charge in [-0.3, -0.25) is 0 Å². The van der Waals surface area contributed by atoms with Crippen molar-refractivity contribution >= 4 is 45.5 Å². The summed E-state index contributed by atoms with van der Waals surface area (Å²) in [6.07, 6.45) is 1.76. The number of hydrogen-bond donors (Lipinski definition) is 2. The van der Waals surface area contributed by atoms with E-state index in [2.05, 4.69) is 209 Å². The Hall–Kier alpha value is -7.04. The van der Waals surface area contributed by atoms with Crippen LogP contribution in [0.3, 0.4) is 0 Å². The molecule has 8 rings (SSSR count). The first-order chi connectivity index (χ1) is 28.1. The van der Waals surface area contributed by atoms with Crippen LogP contribution in [0.5, 0.6) is 0 Å². The van der Waals surface area contributed by atoms with Crippen LogP contribution in [0, 0.1) is 0 Å². The van der Waals surface area contributed by atoms with Crippen LogP contribution < -0.4 is 20.9 Å². The van der Waals surface area contributed by atoms with Gasteiger partial charge in [-0.25, -0.2) is 0 Å². The van der Waals surface area contributed by atoms with Crippen LogP contribution in [-0.2, 0) is 12.8 Å². The Balaban J connectivity index is 0.00000244. The number of benzene rings is 8. The molecule has 0 radical (unpaired) electrons. The fraction of sp³-hybridized carbons (Fsp3) is 0.0943. The highest BCUT2D eigenvalue weighted by molar-refractivity contribution is 5.80. The normalized spacial score (nSPS) is 10.6. The van der Waals surface area contributed by atoms with Crippen LogP contribution in [-0.4, -0.2) is 7.05 Å². The summed E-state index contributed by atoms with van der Waals surface area (Å²) in [5.41, 5.74) is 21.9. The zero-order chi connectivity index (χ0) is 39.4. The third-order valence-electron chi connectivity index (χ3n) is 10.0. The minimum absolute atomic E-state index is 0.788. The first kappa shape index (κ1) is 38.2. The number of hydrogen-bond acceptors (Lipinski definition) is 4. The largest absolute Gasteiger partial charge is 0.399 e. The van der Waals surface area contributed by atoms with Gasteiger partial charge in [0.1, 0.15) is 0 Å². The first-order valence-electron chi connectivity index (χ1n) is 19.8. The van der Waals surface area contributed by atoms with Gasteiger partial charge < -0.3 is 20.9 Å². The van der Waals surface area contributed by atoms with Crippen molar-refractivity contribution in [1.29, 1.82) is 0 Å². The van der Waals surface area contributed by atoms with Gasteiger partial charge in [0.25, 0.3) is 0 Å². The Bertz CT molecular complexity index is 2410. The number of nitrogens with zero attached hydrogens (tertiary/aromatic N) is 2. The Morgan fingerprint density at radius 3 is 0.965 bits per heavy atom. The fourth-order valence-corrected chi connectivity index (χ4v) is 7.08. The van der Waals surface area contributed by atoms with Crippen molar-refractivity contribution in [3.8, 4) is 11.1 Å². The Labute approximate surface area is 338 Å². The van der Waals surface area contributed by atoms with E-state index < -0.39 is 0 Å². The molecule has 57 heavy (non-hydrogen) atoms. The van der Waals surface area contributed by atoms with Gasteiger partial charge in [-0.05, 0) is 143 Å². The molecule has 3 N–H and O–H groups in total. The molecule has 8 aromatic rings. The summed E-state index contributed by atoms with van der Waals surface area (Å²) in [6.45, 7) is 4.00.